The van der Waals surface area contributed by atoms with E-state index in [9.17, 15) is 4.79 Å². The molecule has 104 valence electrons. The number of hydrogen-bond donors (Lipinski definition) is 2. The Balaban J connectivity index is 2.11. The van der Waals surface area contributed by atoms with Crippen LogP contribution in [0.25, 0.3) is 0 Å². The minimum absolute atomic E-state index is 0.206. The molecule has 1 aliphatic rings. The van der Waals surface area contributed by atoms with Crippen molar-refractivity contribution < 1.29 is 9.53 Å². The average Bonchev–Trinajstić information content (AvgIpc) is 2.63. The lowest BCUT2D eigenvalue weighted by atomic mass is 10.1. The van der Waals surface area contributed by atoms with Crippen LogP contribution < -0.4 is 15.8 Å². The summed E-state index contributed by atoms with van der Waals surface area (Å²) in [7, 11) is 0. The van der Waals surface area contributed by atoms with Crippen molar-refractivity contribution >= 4 is 23.2 Å². The number of nitrogens with two attached hydrogens (primary N) is 1. The maximum Gasteiger partial charge on any atom is 0.245 e. The summed E-state index contributed by atoms with van der Waals surface area (Å²) < 4.78 is 5.72. The van der Waals surface area contributed by atoms with Crippen molar-refractivity contribution in [3.8, 4) is 5.75 Å². The normalized spacial score (nSPS) is 18.9. The number of amides is 1. The number of carbonyl (C=O) groups is 1. The molecule has 1 aromatic rings. The molecule has 1 heterocycles. The van der Waals surface area contributed by atoms with Crippen LogP contribution >= 0.6 is 11.6 Å². The van der Waals surface area contributed by atoms with Crippen molar-refractivity contribution in [2.75, 3.05) is 11.9 Å². The van der Waals surface area contributed by atoms with Crippen molar-refractivity contribution in [2.24, 2.45) is 11.7 Å². The molecule has 4 nitrogen and oxygen atoms in total. The Morgan fingerprint density at radius 3 is 2.95 bits per heavy atom. The van der Waals surface area contributed by atoms with Crippen molar-refractivity contribution in [1.29, 1.82) is 0 Å². The summed E-state index contributed by atoms with van der Waals surface area (Å²) >= 11 is 6.16. The Morgan fingerprint density at radius 1 is 1.53 bits per heavy atom. The van der Waals surface area contributed by atoms with Gasteiger partial charge in [-0.1, -0.05) is 31.9 Å². The molecule has 1 amide bonds. The van der Waals surface area contributed by atoms with E-state index in [1.54, 1.807) is 12.1 Å². The Labute approximate surface area is 118 Å². The van der Waals surface area contributed by atoms with E-state index in [0.29, 0.717) is 29.0 Å². The molecule has 19 heavy (non-hydrogen) atoms. The van der Waals surface area contributed by atoms with Gasteiger partial charge in [-0.2, -0.15) is 0 Å². The Hall–Kier alpha value is -1.26. The standard InChI is InChI=1S/C14H19ClN2O2/c1-3-4-8(2)7-19-12-6-11-9(5-10(12)15)13(16)14(18)17-11/h5-6,8,13H,3-4,7,16H2,1-2H3,(H,17,18). The molecule has 0 spiro atoms. The Morgan fingerprint density at radius 2 is 2.26 bits per heavy atom. The van der Waals surface area contributed by atoms with Crippen molar-refractivity contribution in [1.82, 2.24) is 0 Å². The van der Waals surface area contributed by atoms with Gasteiger partial charge in [-0.15, -0.1) is 0 Å². The summed E-state index contributed by atoms with van der Waals surface area (Å²) in [6.07, 6.45) is 2.25. The molecule has 0 bridgehead atoms. The topological polar surface area (TPSA) is 64.3 Å². The molecule has 0 saturated heterocycles. The van der Waals surface area contributed by atoms with Gasteiger partial charge in [0, 0.05) is 17.3 Å². The first kappa shape index (κ1) is 14.2. The molecule has 0 aromatic heterocycles. The van der Waals surface area contributed by atoms with Gasteiger partial charge in [0.25, 0.3) is 0 Å². The first-order valence-electron chi connectivity index (χ1n) is 6.55. The van der Waals surface area contributed by atoms with E-state index in [2.05, 4.69) is 19.2 Å². The lowest BCUT2D eigenvalue weighted by Crippen LogP contribution is -2.19. The van der Waals surface area contributed by atoms with Gasteiger partial charge in [-0.3, -0.25) is 4.79 Å². The van der Waals surface area contributed by atoms with Crippen molar-refractivity contribution in [2.45, 2.75) is 32.7 Å². The van der Waals surface area contributed by atoms with Gasteiger partial charge >= 0.3 is 0 Å². The number of anilines is 1. The predicted molar refractivity (Wildman–Crippen MR) is 76.6 cm³/mol. The molecular formula is C14H19ClN2O2. The monoisotopic (exact) mass is 282 g/mol. The molecule has 3 N–H and O–H groups in total. The van der Waals surface area contributed by atoms with Crippen molar-refractivity contribution in [3.63, 3.8) is 0 Å². The molecule has 2 atom stereocenters. The predicted octanol–water partition coefficient (Wildman–Crippen LogP) is 3.11. The van der Waals surface area contributed by atoms with Gasteiger partial charge in [-0.25, -0.2) is 0 Å². The molecule has 0 radical (unpaired) electrons. The molecule has 1 aromatic carbocycles. The van der Waals surface area contributed by atoms with E-state index in [1.165, 1.54) is 0 Å². The highest BCUT2D eigenvalue weighted by molar-refractivity contribution is 6.32. The van der Waals surface area contributed by atoms with E-state index >= 15 is 0 Å². The van der Waals surface area contributed by atoms with E-state index in [4.69, 9.17) is 22.1 Å². The number of carbonyl (C=O) groups excluding carboxylic acids is 1. The maximum absolute atomic E-state index is 11.5. The number of rotatable bonds is 5. The largest absolute Gasteiger partial charge is 0.492 e. The second-order valence-electron chi connectivity index (χ2n) is 5.04. The molecule has 1 aliphatic heterocycles. The molecule has 2 unspecified atom stereocenters. The third-order valence-electron chi connectivity index (χ3n) is 3.28. The number of halogens is 1. The summed E-state index contributed by atoms with van der Waals surface area (Å²) in [5.41, 5.74) is 7.18. The smallest absolute Gasteiger partial charge is 0.245 e. The highest BCUT2D eigenvalue weighted by Gasteiger charge is 2.28. The number of hydrogen-bond acceptors (Lipinski definition) is 3. The van der Waals surface area contributed by atoms with Crippen LogP contribution in [-0.4, -0.2) is 12.5 Å². The first-order valence-corrected chi connectivity index (χ1v) is 6.93. The fourth-order valence-electron chi connectivity index (χ4n) is 2.20. The van der Waals surface area contributed by atoms with Gasteiger partial charge in [0.1, 0.15) is 11.8 Å². The zero-order valence-electron chi connectivity index (χ0n) is 11.2. The van der Waals surface area contributed by atoms with Gasteiger partial charge in [0.2, 0.25) is 5.91 Å². The summed E-state index contributed by atoms with van der Waals surface area (Å²) in [5, 5.41) is 3.22. The van der Waals surface area contributed by atoms with E-state index < -0.39 is 6.04 Å². The molecule has 0 saturated carbocycles. The van der Waals surface area contributed by atoms with Crippen molar-refractivity contribution in [3.05, 3.63) is 22.7 Å². The number of fused-ring (bicyclic) bond motifs is 1. The van der Waals surface area contributed by atoms with E-state index in [0.717, 1.165) is 18.4 Å². The summed E-state index contributed by atoms with van der Waals surface area (Å²) in [4.78, 5) is 11.5. The third kappa shape index (κ3) is 3.01. The van der Waals surface area contributed by atoms with Gasteiger partial charge in [0.05, 0.1) is 11.6 Å². The second-order valence-corrected chi connectivity index (χ2v) is 5.45. The molecular weight excluding hydrogens is 264 g/mol. The molecule has 0 aliphatic carbocycles. The van der Waals surface area contributed by atoms with Crippen LogP contribution in [-0.2, 0) is 4.79 Å². The summed E-state index contributed by atoms with van der Waals surface area (Å²) in [6.45, 7) is 4.91. The average molecular weight is 283 g/mol. The zero-order chi connectivity index (χ0) is 14.0. The van der Waals surface area contributed by atoms with Crippen LogP contribution in [0, 0.1) is 5.92 Å². The number of ether oxygens (including phenoxy) is 1. The lowest BCUT2D eigenvalue weighted by Gasteiger charge is -2.14. The van der Waals surface area contributed by atoms with Crippen LogP contribution in [0.3, 0.4) is 0 Å². The lowest BCUT2D eigenvalue weighted by molar-refractivity contribution is -0.116. The van der Waals surface area contributed by atoms with E-state index in [1.807, 2.05) is 0 Å². The number of nitrogens with one attached hydrogen (secondary N) is 1. The summed E-state index contributed by atoms with van der Waals surface area (Å²) in [6, 6.07) is 2.82. The highest BCUT2D eigenvalue weighted by Crippen LogP contribution is 2.37. The van der Waals surface area contributed by atoms with Gasteiger partial charge in [0.15, 0.2) is 0 Å². The van der Waals surface area contributed by atoms with E-state index in [-0.39, 0.29) is 5.91 Å². The zero-order valence-corrected chi connectivity index (χ0v) is 12.0. The SMILES string of the molecule is CCCC(C)COc1cc2c(cc1Cl)C(N)C(=O)N2. The fourth-order valence-corrected chi connectivity index (χ4v) is 2.43. The van der Waals surface area contributed by atoms with Crippen LogP contribution in [0.4, 0.5) is 5.69 Å². The number of benzene rings is 1. The first-order chi connectivity index (χ1) is 9.02. The minimum Gasteiger partial charge on any atom is -0.492 e. The third-order valence-corrected chi connectivity index (χ3v) is 3.58. The fraction of sp³-hybridized carbons (Fsp3) is 0.500. The van der Waals surface area contributed by atoms with Gasteiger partial charge < -0.3 is 15.8 Å². The molecule has 5 heteroatoms. The van der Waals surface area contributed by atoms with Crippen LogP contribution in [0.2, 0.25) is 5.02 Å². The Kier molecular flexibility index (Phi) is 4.32. The highest BCUT2D eigenvalue weighted by atomic mass is 35.5. The van der Waals surface area contributed by atoms with Crippen LogP contribution in [0.1, 0.15) is 38.3 Å². The van der Waals surface area contributed by atoms with Crippen LogP contribution in [0.5, 0.6) is 5.75 Å². The molecule has 0 fully saturated rings. The minimum atomic E-state index is -0.638. The summed E-state index contributed by atoms with van der Waals surface area (Å²) in [5.74, 6) is 0.867. The Bertz CT molecular complexity index is 491. The quantitative estimate of drug-likeness (QED) is 0.872. The maximum atomic E-state index is 11.5. The second kappa shape index (κ2) is 5.80. The molecule has 2 rings (SSSR count). The van der Waals surface area contributed by atoms with Gasteiger partial charge in [-0.05, 0) is 18.4 Å². The van der Waals surface area contributed by atoms with Crippen LogP contribution in [0.15, 0.2) is 12.1 Å².